The quantitative estimate of drug-likeness (QED) is 0.752. The molecule has 1 aromatic carbocycles. The van der Waals surface area contributed by atoms with Crippen LogP contribution in [0.4, 0.5) is 4.79 Å². The number of carboxylic acid groups (broad SMARTS) is 1. The van der Waals surface area contributed by atoms with Gasteiger partial charge in [-0.25, -0.2) is 13.2 Å². The van der Waals surface area contributed by atoms with E-state index in [-0.39, 0.29) is 11.9 Å². The minimum absolute atomic E-state index is 0.000589. The Balaban J connectivity index is 1.54. The summed E-state index contributed by atoms with van der Waals surface area (Å²) in [6.45, 7) is 3.86. The maximum atomic E-state index is 12.6. The monoisotopic (exact) mass is 423 g/mol. The second-order valence-corrected chi connectivity index (χ2v) is 10.1. The maximum Gasteiger partial charge on any atom is 0.407 e. The van der Waals surface area contributed by atoms with Gasteiger partial charge in [-0.3, -0.25) is 4.79 Å². The average Bonchev–Trinajstić information content (AvgIpc) is 2.66. The minimum atomic E-state index is -3.21. The molecule has 0 spiro atoms. The van der Waals surface area contributed by atoms with Gasteiger partial charge in [0.25, 0.3) is 5.91 Å². The topological polar surface area (TPSA) is 107 Å². The lowest BCUT2D eigenvalue weighted by Gasteiger charge is -2.31. The number of nitrogens with one attached hydrogen (secondary N) is 1. The van der Waals surface area contributed by atoms with E-state index in [1.807, 2.05) is 19.1 Å². The predicted molar refractivity (Wildman–Crippen MR) is 109 cm³/mol. The molecule has 160 valence electrons. The van der Waals surface area contributed by atoms with Gasteiger partial charge in [-0.2, -0.15) is 4.31 Å². The number of hydrogen-bond donors (Lipinski definition) is 2. The van der Waals surface area contributed by atoms with Gasteiger partial charge in [0.15, 0.2) is 0 Å². The molecule has 2 heterocycles. The van der Waals surface area contributed by atoms with E-state index < -0.39 is 16.1 Å². The third kappa shape index (κ3) is 5.48. The van der Waals surface area contributed by atoms with Crippen LogP contribution in [0.5, 0.6) is 0 Å². The van der Waals surface area contributed by atoms with Crippen molar-refractivity contribution in [3.05, 3.63) is 34.9 Å². The van der Waals surface area contributed by atoms with Gasteiger partial charge in [0.2, 0.25) is 10.0 Å². The minimum Gasteiger partial charge on any atom is -0.465 e. The molecule has 2 N–H and O–H groups in total. The third-order valence-electron chi connectivity index (χ3n) is 5.86. The number of sulfonamides is 1. The van der Waals surface area contributed by atoms with Gasteiger partial charge >= 0.3 is 6.09 Å². The zero-order valence-corrected chi connectivity index (χ0v) is 17.7. The molecule has 1 atom stereocenters. The summed E-state index contributed by atoms with van der Waals surface area (Å²) >= 11 is 0. The number of piperidine rings is 1. The molecule has 1 aromatic rings. The summed E-state index contributed by atoms with van der Waals surface area (Å²) in [6, 6.07) is 5.45. The van der Waals surface area contributed by atoms with E-state index in [1.54, 1.807) is 6.07 Å². The smallest absolute Gasteiger partial charge is 0.407 e. The highest BCUT2D eigenvalue weighted by atomic mass is 32.2. The Kier molecular flexibility index (Phi) is 6.48. The molecule has 0 aromatic heterocycles. The number of carbonyl (C=O) groups is 2. The van der Waals surface area contributed by atoms with E-state index in [2.05, 4.69) is 5.32 Å². The number of benzene rings is 1. The lowest BCUT2D eigenvalue weighted by molar-refractivity contribution is 0.0928. The van der Waals surface area contributed by atoms with Crippen LogP contribution in [0.15, 0.2) is 18.2 Å². The largest absolute Gasteiger partial charge is 0.465 e. The molecule has 2 aliphatic rings. The first kappa shape index (κ1) is 21.6. The first-order valence-electron chi connectivity index (χ1n) is 9.99. The first-order valence-corrected chi connectivity index (χ1v) is 11.8. The summed E-state index contributed by atoms with van der Waals surface area (Å²) in [5.74, 6) is 0.278. The molecule has 2 aliphatic heterocycles. The van der Waals surface area contributed by atoms with Crippen molar-refractivity contribution in [1.29, 1.82) is 0 Å². The second-order valence-electron chi connectivity index (χ2n) is 8.15. The summed E-state index contributed by atoms with van der Waals surface area (Å²) < 4.78 is 24.9. The van der Waals surface area contributed by atoms with Crippen LogP contribution in [-0.2, 0) is 23.0 Å². The van der Waals surface area contributed by atoms with Crippen LogP contribution in [0.25, 0.3) is 0 Å². The van der Waals surface area contributed by atoms with E-state index in [0.29, 0.717) is 44.1 Å². The first-order chi connectivity index (χ1) is 13.6. The fourth-order valence-corrected chi connectivity index (χ4v) is 4.97. The molecule has 1 saturated heterocycles. The molecule has 1 fully saturated rings. The number of carbonyl (C=O) groups excluding carboxylic acids is 1. The fourth-order valence-electron chi connectivity index (χ4n) is 4.18. The number of fused-ring (bicyclic) bond motifs is 1. The fraction of sp³-hybridized carbons (Fsp3) is 0.600. The van der Waals surface area contributed by atoms with Crippen LogP contribution in [0.3, 0.4) is 0 Å². The number of likely N-dealkylation sites (tertiary alicyclic amines) is 1. The molecule has 0 aliphatic carbocycles. The van der Waals surface area contributed by atoms with Gasteiger partial charge in [-0.1, -0.05) is 6.07 Å². The summed E-state index contributed by atoms with van der Waals surface area (Å²) in [5.41, 5.74) is 2.55. The Morgan fingerprint density at radius 2 is 1.90 bits per heavy atom. The molecule has 0 bridgehead atoms. The van der Waals surface area contributed by atoms with Crippen LogP contribution >= 0.6 is 0 Å². The highest BCUT2D eigenvalue weighted by Gasteiger charge is 2.25. The Morgan fingerprint density at radius 1 is 1.21 bits per heavy atom. The van der Waals surface area contributed by atoms with Gasteiger partial charge in [-0.15, -0.1) is 0 Å². The number of rotatable bonds is 5. The zero-order chi connectivity index (χ0) is 21.2. The normalized spacial score (nSPS) is 19.4. The van der Waals surface area contributed by atoms with E-state index in [4.69, 9.17) is 5.11 Å². The maximum absolute atomic E-state index is 12.6. The Labute approximate surface area is 171 Å². The number of nitrogens with zero attached hydrogens (tertiary/aromatic N) is 2. The third-order valence-corrected chi connectivity index (χ3v) is 7.11. The van der Waals surface area contributed by atoms with Crippen LogP contribution in [-0.4, -0.2) is 66.7 Å². The molecule has 8 nitrogen and oxygen atoms in total. The second kappa shape index (κ2) is 8.71. The van der Waals surface area contributed by atoms with Gasteiger partial charge in [-0.05, 0) is 61.8 Å². The van der Waals surface area contributed by atoms with Crippen LogP contribution in [0.2, 0.25) is 0 Å². The summed E-state index contributed by atoms with van der Waals surface area (Å²) in [7, 11) is -3.21. The highest BCUT2D eigenvalue weighted by Crippen LogP contribution is 2.24. The lowest BCUT2D eigenvalue weighted by atomic mass is 9.90. The average molecular weight is 424 g/mol. The Morgan fingerprint density at radius 3 is 2.52 bits per heavy atom. The van der Waals surface area contributed by atoms with Crippen molar-refractivity contribution in [2.75, 3.05) is 25.9 Å². The van der Waals surface area contributed by atoms with Crippen molar-refractivity contribution in [2.24, 2.45) is 5.92 Å². The van der Waals surface area contributed by atoms with Crippen molar-refractivity contribution in [3.8, 4) is 0 Å². The summed E-state index contributed by atoms with van der Waals surface area (Å²) in [4.78, 5) is 25.1. The molecular weight excluding hydrogens is 394 g/mol. The Hall–Kier alpha value is -2.13. The molecule has 29 heavy (non-hydrogen) atoms. The molecule has 0 radical (unpaired) electrons. The van der Waals surface area contributed by atoms with E-state index >= 15 is 0 Å². The van der Waals surface area contributed by atoms with Crippen molar-refractivity contribution in [3.63, 3.8) is 0 Å². The number of hydrogen-bond acceptors (Lipinski definition) is 4. The molecule has 1 unspecified atom stereocenters. The molecule has 2 amide bonds. The van der Waals surface area contributed by atoms with E-state index in [1.165, 1.54) is 15.5 Å². The van der Waals surface area contributed by atoms with Crippen molar-refractivity contribution >= 4 is 22.0 Å². The van der Waals surface area contributed by atoms with Gasteiger partial charge in [0, 0.05) is 37.8 Å². The highest BCUT2D eigenvalue weighted by molar-refractivity contribution is 7.88. The van der Waals surface area contributed by atoms with Crippen LogP contribution < -0.4 is 5.32 Å². The molecule has 3 rings (SSSR count). The van der Waals surface area contributed by atoms with Crippen molar-refractivity contribution < 1.29 is 23.1 Å². The van der Waals surface area contributed by atoms with E-state index in [0.717, 1.165) is 30.4 Å². The summed E-state index contributed by atoms with van der Waals surface area (Å²) in [5, 5.41) is 12.1. The SMILES string of the molecule is CC(CC1CCN(C(=O)O)CC1)NC(=O)c1ccc2c(c1)CCN(S(C)(=O)=O)C2. The zero-order valence-electron chi connectivity index (χ0n) is 16.9. The lowest BCUT2D eigenvalue weighted by Crippen LogP contribution is -2.40. The van der Waals surface area contributed by atoms with Gasteiger partial charge < -0.3 is 15.3 Å². The van der Waals surface area contributed by atoms with Crippen LogP contribution in [0.1, 0.15) is 47.7 Å². The molecular formula is C20H29N3O5S. The number of amides is 2. The van der Waals surface area contributed by atoms with E-state index in [9.17, 15) is 18.0 Å². The van der Waals surface area contributed by atoms with Crippen LogP contribution in [0, 0.1) is 5.92 Å². The summed E-state index contributed by atoms with van der Waals surface area (Å²) in [6.07, 6.45) is 3.42. The van der Waals surface area contributed by atoms with Crippen molar-refractivity contribution in [1.82, 2.24) is 14.5 Å². The standard InChI is InChI=1S/C20H29N3O5S/c1-14(11-15-5-8-22(9-6-15)20(25)26)21-19(24)17-3-4-18-13-23(29(2,27)28)10-7-16(18)12-17/h3-4,12,14-15H,5-11,13H2,1-2H3,(H,21,24)(H,25,26). The molecule has 9 heteroatoms. The van der Waals surface area contributed by atoms with Gasteiger partial charge in [0.1, 0.15) is 0 Å². The van der Waals surface area contributed by atoms with Crippen molar-refractivity contribution in [2.45, 2.75) is 45.2 Å². The molecule has 0 saturated carbocycles. The van der Waals surface area contributed by atoms with Gasteiger partial charge in [0.05, 0.1) is 6.26 Å². The predicted octanol–water partition coefficient (Wildman–Crippen LogP) is 1.90. The Bertz CT molecular complexity index is 878.